The van der Waals surface area contributed by atoms with E-state index in [1.165, 1.54) is 35.6 Å². The maximum atomic E-state index is 12.2. The van der Waals surface area contributed by atoms with Crippen LogP contribution in [-0.4, -0.2) is 13.4 Å². The summed E-state index contributed by atoms with van der Waals surface area (Å²) < 4.78 is 24.5. The van der Waals surface area contributed by atoms with Crippen molar-refractivity contribution < 1.29 is 8.42 Å². The highest BCUT2D eigenvalue weighted by molar-refractivity contribution is 7.95. The maximum absolute atomic E-state index is 12.2. The smallest absolute Gasteiger partial charge is 0.218 e. The van der Waals surface area contributed by atoms with E-state index in [0.29, 0.717) is 10.2 Å². The molecule has 0 saturated heterocycles. The van der Waals surface area contributed by atoms with Crippen molar-refractivity contribution >= 4 is 37.9 Å². The number of sulfone groups is 1. The van der Waals surface area contributed by atoms with Crippen LogP contribution in [0.1, 0.15) is 0 Å². The van der Waals surface area contributed by atoms with E-state index in [1.807, 2.05) is 0 Å². The zero-order chi connectivity index (χ0) is 14.6. The Morgan fingerprint density at radius 1 is 1.40 bits per heavy atom. The van der Waals surface area contributed by atoms with Crippen molar-refractivity contribution in [3.05, 3.63) is 52.0 Å². The van der Waals surface area contributed by atoms with Gasteiger partial charge in [0.05, 0.1) is 4.90 Å². The van der Waals surface area contributed by atoms with Gasteiger partial charge in [-0.2, -0.15) is 5.26 Å². The molecule has 1 aromatic carbocycles. The zero-order valence-corrected chi connectivity index (χ0v) is 12.3. The number of benzene rings is 1. The number of nitrogens with zero attached hydrogens (tertiary/aromatic N) is 2. The fourth-order valence-corrected chi connectivity index (χ4v) is 3.04. The number of rotatable bonds is 4. The van der Waals surface area contributed by atoms with Crippen LogP contribution in [0.25, 0.3) is 0 Å². The summed E-state index contributed by atoms with van der Waals surface area (Å²) in [6.45, 7) is 0. The number of hydrogen-bond donors (Lipinski definition) is 1. The van der Waals surface area contributed by atoms with Crippen molar-refractivity contribution in [2.24, 2.45) is 0 Å². The van der Waals surface area contributed by atoms with Gasteiger partial charge in [0.25, 0.3) is 0 Å². The Morgan fingerprint density at radius 2 is 2.10 bits per heavy atom. The molecule has 0 spiro atoms. The lowest BCUT2D eigenvalue weighted by Crippen LogP contribution is -2.05. The molecule has 8 heteroatoms. The van der Waals surface area contributed by atoms with Crippen LogP contribution in [-0.2, 0) is 9.84 Å². The largest absolute Gasteiger partial charge is 0.336 e. The highest BCUT2D eigenvalue weighted by Gasteiger charge is 2.20. The number of allylic oxidation sites excluding steroid dienone is 1. The van der Waals surface area contributed by atoms with E-state index < -0.39 is 14.7 Å². The Morgan fingerprint density at radius 3 is 2.65 bits per heavy atom. The van der Waals surface area contributed by atoms with Crippen LogP contribution in [0.3, 0.4) is 0 Å². The van der Waals surface area contributed by atoms with E-state index in [2.05, 4.69) is 10.3 Å². The standard InChI is InChI=1S/C12H8ClN3O2S2/c13-9-1-3-10(4-2-9)20(17,18)11(7-14)8-16-12-15-5-6-19-12/h1-6,8H,(H,15,16). The molecule has 0 aliphatic rings. The lowest BCUT2D eigenvalue weighted by Gasteiger charge is -2.03. The topological polar surface area (TPSA) is 82.8 Å². The molecule has 2 rings (SSSR count). The van der Waals surface area contributed by atoms with Crippen molar-refractivity contribution in [3.63, 3.8) is 0 Å². The van der Waals surface area contributed by atoms with Crippen LogP contribution < -0.4 is 5.32 Å². The highest BCUT2D eigenvalue weighted by atomic mass is 35.5. The first-order valence-corrected chi connectivity index (χ1v) is 8.05. The molecule has 0 aliphatic carbocycles. The number of nitrogens with one attached hydrogen (secondary N) is 1. The minimum absolute atomic E-state index is 0.00985. The summed E-state index contributed by atoms with van der Waals surface area (Å²) in [6, 6.07) is 7.29. The second-order valence-corrected chi connectivity index (χ2v) is 6.81. The molecule has 20 heavy (non-hydrogen) atoms. The summed E-state index contributed by atoms with van der Waals surface area (Å²) in [5, 5.41) is 14.4. The zero-order valence-electron chi connectivity index (χ0n) is 9.95. The van der Waals surface area contributed by atoms with Gasteiger partial charge in [-0.15, -0.1) is 11.3 Å². The van der Waals surface area contributed by atoms with Crippen LogP contribution in [0.5, 0.6) is 0 Å². The van der Waals surface area contributed by atoms with Gasteiger partial charge in [-0.3, -0.25) is 0 Å². The lowest BCUT2D eigenvalue weighted by molar-refractivity contribution is 0.603. The maximum Gasteiger partial charge on any atom is 0.218 e. The second-order valence-electron chi connectivity index (χ2n) is 3.56. The van der Waals surface area contributed by atoms with Crippen molar-refractivity contribution in [2.45, 2.75) is 4.90 Å². The molecule has 1 heterocycles. The van der Waals surface area contributed by atoms with Crippen molar-refractivity contribution in [1.82, 2.24) is 4.98 Å². The first-order chi connectivity index (χ1) is 9.54. The molecule has 0 fully saturated rings. The molecule has 0 radical (unpaired) electrons. The van der Waals surface area contributed by atoms with Gasteiger partial charge in [-0.25, -0.2) is 13.4 Å². The Kier molecular flexibility index (Phi) is 4.39. The molecule has 1 N–H and O–H groups in total. The van der Waals surface area contributed by atoms with Gasteiger partial charge in [0.2, 0.25) is 9.84 Å². The second kappa shape index (κ2) is 6.05. The molecule has 0 atom stereocenters. The summed E-state index contributed by atoms with van der Waals surface area (Å²) in [6.07, 6.45) is 2.70. The molecule has 102 valence electrons. The third-order valence-corrected chi connectivity index (χ3v) is 4.92. The molecule has 5 nitrogen and oxygen atoms in total. The predicted octanol–water partition coefficient (Wildman–Crippen LogP) is 3.05. The summed E-state index contributed by atoms with van der Waals surface area (Å²) >= 11 is 7.01. The summed E-state index contributed by atoms with van der Waals surface area (Å²) in [5.41, 5.74) is 0. The SMILES string of the molecule is N#CC(=CNc1nccs1)S(=O)(=O)c1ccc(Cl)cc1. The quantitative estimate of drug-likeness (QED) is 0.873. The molecule has 0 bridgehead atoms. The monoisotopic (exact) mass is 325 g/mol. The van der Waals surface area contributed by atoms with E-state index in [4.69, 9.17) is 16.9 Å². The first kappa shape index (κ1) is 14.5. The molecule has 2 aromatic rings. The Balaban J connectivity index is 2.33. The van der Waals surface area contributed by atoms with Gasteiger partial charge in [-0.05, 0) is 24.3 Å². The van der Waals surface area contributed by atoms with Crippen molar-refractivity contribution in [2.75, 3.05) is 5.32 Å². The summed E-state index contributed by atoms with van der Waals surface area (Å²) in [5.74, 6) is 0. The first-order valence-electron chi connectivity index (χ1n) is 5.31. The van der Waals surface area contributed by atoms with Crippen molar-refractivity contribution in [1.29, 1.82) is 5.26 Å². The lowest BCUT2D eigenvalue weighted by atomic mass is 10.4. The van der Waals surface area contributed by atoms with Crippen LogP contribution in [0.15, 0.2) is 51.8 Å². The minimum Gasteiger partial charge on any atom is -0.336 e. The molecule has 0 aliphatic heterocycles. The van der Waals surface area contributed by atoms with E-state index in [1.54, 1.807) is 17.6 Å². The highest BCUT2D eigenvalue weighted by Crippen LogP contribution is 2.21. The number of hydrogen-bond acceptors (Lipinski definition) is 6. The van der Waals surface area contributed by atoms with Gasteiger partial charge in [0, 0.05) is 22.8 Å². The number of aromatic nitrogens is 1. The average molecular weight is 326 g/mol. The molecule has 0 unspecified atom stereocenters. The Labute approximate surface area is 125 Å². The minimum atomic E-state index is -3.87. The van der Waals surface area contributed by atoms with Gasteiger partial charge in [-0.1, -0.05) is 11.6 Å². The summed E-state index contributed by atoms with van der Waals surface area (Å²) in [4.78, 5) is 3.55. The fraction of sp³-hybridized carbons (Fsp3) is 0. The van der Waals surface area contributed by atoms with Crippen LogP contribution >= 0.6 is 22.9 Å². The van der Waals surface area contributed by atoms with E-state index in [-0.39, 0.29) is 4.90 Å². The molecule has 0 saturated carbocycles. The normalized spacial score (nSPS) is 11.9. The Bertz CT molecular complexity index is 760. The number of nitriles is 1. The predicted molar refractivity (Wildman–Crippen MR) is 78.1 cm³/mol. The number of halogens is 1. The summed E-state index contributed by atoms with van der Waals surface area (Å²) in [7, 11) is -3.87. The van der Waals surface area contributed by atoms with E-state index in [0.717, 1.165) is 6.20 Å². The number of thiazole rings is 1. The number of anilines is 1. The van der Waals surface area contributed by atoms with Gasteiger partial charge < -0.3 is 5.32 Å². The van der Waals surface area contributed by atoms with E-state index >= 15 is 0 Å². The van der Waals surface area contributed by atoms with E-state index in [9.17, 15) is 8.42 Å². The van der Waals surface area contributed by atoms with Crippen LogP contribution in [0, 0.1) is 11.3 Å². The Hall–Kier alpha value is -1.88. The van der Waals surface area contributed by atoms with Gasteiger partial charge >= 0.3 is 0 Å². The average Bonchev–Trinajstić information content (AvgIpc) is 2.93. The fourth-order valence-electron chi connectivity index (χ4n) is 1.33. The third-order valence-electron chi connectivity index (χ3n) is 2.28. The van der Waals surface area contributed by atoms with Gasteiger partial charge in [0.15, 0.2) is 10.0 Å². The van der Waals surface area contributed by atoms with Crippen molar-refractivity contribution in [3.8, 4) is 6.07 Å². The molecule has 1 aromatic heterocycles. The molecular formula is C12H8ClN3O2S2. The van der Waals surface area contributed by atoms with Gasteiger partial charge in [0.1, 0.15) is 6.07 Å². The van der Waals surface area contributed by atoms with Crippen LogP contribution in [0.2, 0.25) is 5.02 Å². The molecular weight excluding hydrogens is 318 g/mol. The van der Waals surface area contributed by atoms with Crippen LogP contribution in [0.4, 0.5) is 5.13 Å². The third kappa shape index (κ3) is 3.17. The molecule has 0 amide bonds.